The van der Waals surface area contributed by atoms with Crippen molar-refractivity contribution in [3.63, 3.8) is 0 Å². The van der Waals surface area contributed by atoms with Gasteiger partial charge in [0.2, 0.25) is 5.43 Å². The van der Waals surface area contributed by atoms with Gasteiger partial charge in [-0.3, -0.25) is 9.69 Å². The predicted octanol–water partition coefficient (Wildman–Crippen LogP) is 4.02. The van der Waals surface area contributed by atoms with Crippen molar-refractivity contribution in [2.45, 2.75) is 19.9 Å². The van der Waals surface area contributed by atoms with Crippen molar-refractivity contribution in [2.24, 2.45) is 0 Å². The molecule has 122 valence electrons. The molecule has 0 aliphatic carbocycles. The third kappa shape index (κ3) is 2.49. The van der Waals surface area contributed by atoms with Crippen LogP contribution in [0.15, 0.2) is 57.9 Å². The summed E-state index contributed by atoms with van der Waals surface area (Å²) in [5.41, 5.74) is 3.06. The standard InChI is InChI=1S/C20H19NO3/c1-2-10-21-11-16-18(24-13-21)9-8-15-19(22)17(12-23-20(15)16)14-6-4-3-5-7-14/h3-9,12H,2,10-11,13H2,1H3. The monoisotopic (exact) mass is 321 g/mol. The molecule has 1 aliphatic rings. The second-order valence-corrected chi connectivity index (χ2v) is 6.09. The summed E-state index contributed by atoms with van der Waals surface area (Å²) in [6, 6.07) is 13.3. The van der Waals surface area contributed by atoms with Gasteiger partial charge in [-0.15, -0.1) is 0 Å². The minimum absolute atomic E-state index is 0.00198. The van der Waals surface area contributed by atoms with Gasteiger partial charge < -0.3 is 9.15 Å². The van der Waals surface area contributed by atoms with Crippen molar-refractivity contribution in [1.82, 2.24) is 4.90 Å². The Bertz CT molecular complexity index is 931. The van der Waals surface area contributed by atoms with Crippen LogP contribution >= 0.6 is 0 Å². The van der Waals surface area contributed by atoms with Gasteiger partial charge in [0, 0.05) is 13.1 Å². The fourth-order valence-corrected chi connectivity index (χ4v) is 3.23. The van der Waals surface area contributed by atoms with Crippen LogP contribution in [0.1, 0.15) is 18.9 Å². The highest BCUT2D eigenvalue weighted by molar-refractivity contribution is 5.85. The molecule has 24 heavy (non-hydrogen) atoms. The van der Waals surface area contributed by atoms with Gasteiger partial charge in [-0.25, -0.2) is 0 Å². The largest absolute Gasteiger partial charge is 0.478 e. The topological polar surface area (TPSA) is 42.7 Å². The third-order valence-electron chi connectivity index (χ3n) is 4.41. The molecular weight excluding hydrogens is 302 g/mol. The molecule has 4 nitrogen and oxygen atoms in total. The molecule has 0 radical (unpaired) electrons. The van der Waals surface area contributed by atoms with Gasteiger partial charge in [0.05, 0.1) is 16.5 Å². The second kappa shape index (κ2) is 6.13. The van der Waals surface area contributed by atoms with E-state index in [2.05, 4.69) is 11.8 Å². The molecule has 0 atom stereocenters. The van der Waals surface area contributed by atoms with Crippen LogP contribution in [0.5, 0.6) is 5.75 Å². The summed E-state index contributed by atoms with van der Waals surface area (Å²) in [6.07, 6.45) is 2.63. The van der Waals surface area contributed by atoms with Gasteiger partial charge >= 0.3 is 0 Å². The predicted molar refractivity (Wildman–Crippen MR) is 94.1 cm³/mol. The minimum atomic E-state index is -0.00198. The first kappa shape index (κ1) is 15.0. The number of benzene rings is 2. The second-order valence-electron chi connectivity index (χ2n) is 6.09. The number of hydrogen-bond acceptors (Lipinski definition) is 4. The van der Waals surface area contributed by atoms with E-state index in [0.29, 0.717) is 23.3 Å². The molecule has 0 saturated carbocycles. The van der Waals surface area contributed by atoms with Crippen LogP contribution in [0.2, 0.25) is 0 Å². The van der Waals surface area contributed by atoms with Crippen LogP contribution < -0.4 is 10.2 Å². The molecule has 0 spiro atoms. The van der Waals surface area contributed by atoms with E-state index in [4.69, 9.17) is 9.15 Å². The van der Waals surface area contributed by atoms with E-state index in [-0.39, 0.29) is 5.43 Å². The fraction of sp³-hybridized carbons (Fsp3) is 0.250. The fourth-order valence-electron chi connectivity index (χ4n) is 3.23. The SMILES string of the molecule is CCCN1COc2ccc3c(=O)c(-c4ccccc4)coc3c2C1. The first-order chi connectivity index (χ1) is 11.8. The van der Waals surface area contributed by atoms with Crippen LogP contribution in [0, 0.1) is 0 Å². The minimum Gasteiger partial charge on any atom is -0.478 e. The molecule has 0 fully saturated rings. The average Bonchev–Trinajstić information content (AvgIpc) is 2.63. The lowest BCUT2D eigenvalue weighted by atomic mass is 10.0. The number of nitrogens with zero attached hydrogens (tertiary/aromatic N) is 1. The van der Waals surface area contributed by atoms with Gasteiger partial charge in [-0.2, -0.15) is 0 Å². The number of hydrogen-bond donors (Lipinski definition) is 0. The molecule has 0 N–H and O–H groups in total. The lowest BCUT2D eigenvalue weighted by Crippen LogP contribution is -2.32. The Kier molecular flexibility index (Phi) is 3.82. The Balaban J connectivity index is 1.86. The Morgan fingerprint density at radius 1 is 1.12 bits per heavy atom. The maximum atomic E-state index is 12.9. The summed E-state index contributed by atoms with van der Waals surface area (Å²) < 4.78 is 11.7. The van der Waals surface area contributed by atoms with Crippen molar-refractivity contribution < 1.29 is 9.15 Å². The number of fused-ring (bicyclic) bond motifs is 3. The summed E-state index contributed by atoms with van der Waals surface area (Å²) in [6.45, 7) is 4.43. The van der Waals surface area contributed by atoms with E-state index in [1.165, 1.54) is 0 Å². The van der Waals surface area contributed by atoms with E-state index < -0.39 is 0 Å². The lowest BCUT2D eigenvalue weighted by Gasteiger charge is -2.28. The van der Waals surface area contributed by atoms with Crippen LogP contribution in [-0.2, 0) is 6.54 Å². The molecule has 0 unspecified atom stereocenters. The molecule has 1 aromatic heterocycles. The highest BCUT2D eigenvalue weighted by Gasteiger charge is 2.22. The van der Waals surface area contributed by atoms with Gasteiger partial charge in [-0.05, 0) is 24.1 Å². The maximum Gasteiger partial charge on any atom is 0.200 e. The highest BCUT2D eigenvalue weighted by atomic mass is 16.5. The van der Waals surface area contributed by atoms with E-state index in [0.717, 1.165) is 36.4 Å². The zero-order valence-corrected chi connectivity index (χ0v) is 13.6. The van der Waals surface area contributed by atoms with Crippen LogP contribution in [0.25, 0.3) is 22.1 Å². The van der Waals surface area contributed by atoms with E-state index in [1.54, 1.807) is 6.26 Å². The van der Waals surface area contributed by atoms with Crippen molar-refractivity contribution in [3.05, 3.63) is 64.5 Å². The molecule has 3 aromatic rings. The van der Waals surface area contributed by atoms with Crippen LogP contribution in [0.3, 0.4) is 0 Å². The maximum absolute atomic E-state index is 12.9. The Morgan fingerprint density at radius 3 is 2.75 bits per heavy atom. The summed E-state index contributed by atoms with van der Waals surface area (Å²) in [7, 11) is 0. The summed E-state index contributed by atoms with van der Waals surface area (Å²) in [4.78, 5) is 15.1. The highest BCUT2D eigenvalue weighted by Crippen LogP contribution is 2.32. The summed E-state index contributed by atoms with van der Waals surface area (Å²) in [5.74, 6) is 0.811. The Labute approximate surface area is 140 Å². The molecule has 0 bridgehead atoms. The third-order valence-corrected chi connectivity index (χ3v) is 4.41. The van der Waals surface area contributed by atoms with Crippen LogP contribution in [0.4, 0.5) is 0 Å². The lowest BCUT2D eigenvalue weighted by molar-refractivity contribution is 0.0958. The molecule has 1 aliphatic heterocycles. The number of rotatable bonds is 3. The van der Waals surface area contributed by atoms with Crippen molar-refractivity contribution in [1.29, 1.82) is 0 Å². The molecule has 4 heteroatoms. The molecule has 4 rings (SSSR count). The number of ether oxygens (including phenoxy) is 1. The molecule has 2 heterocycles. The van der Waals surface area contributed by atoms with Gasteiger partial charge in [-0.1, -0.05) is 37.3 Å². The summed E-state index contributed by atoms with van der Waals surface area (Å²) in [5, 5.41) is 0.608. The van der Waals surface area contributed by atoms with E-state index in [1.807, 2.05) is 42.5 Å². The average molecular weight is 321 g/mol. The quantitative estimate of drug-likeness (QED) is 0.731. The van der Waals surface area contributed by atoms with E-state index >= 15 is 0 Å². The zero-order valence-electron chi connectivity index (χ0n) is 13.6. The van der Waals surface area contributed by atoms with Gasteiger partial charge in [0.15, 0.2) is 0 Å². The van der Waals surface area contributed by atoms with Gasteiger partial charge in [0.25, 0.3) is 0 Å². The Morgan fingerprint density at radius 2 is 1.96 bits per heavy atom. The van der Waals surface area contributed by atoms with Crippen molar-refractivity contribution in [2.75, 3.05) is 13.3 Å². The van der Waals surface area contributed by atoms with Gasteiger partial charge in [0.1, 0.15) is 24.3 Å². The van der Waals surface area contributed by atoms with Crippen molar-refractivity contribution in [3.8, 4) is 16.9 Å². The molecular formula is C20H19NO3. The van der Waals surface area contributed by atoms with E-state index in [9.17, 15) is 4.79 Å². The van der Waals surface area contributed by atoms with Crippen LogP contribution in [-0.4, -0.2) is 18.2 Å². The summed E-state index contributed by atoms with van der Waals surface area (Å²) >= 11 is 0. The smallest absolute Gasteiger partial charge is 0.200 e. The zero-order chi connectivity index (χ0) is 16.5. The van der Waals surface area contributed by atoms with Crippen molar-refractivity contribution >= 4 is 11.0 Å². The Hall–Kier alpha value is -2.59. The molecule has 0 saturated heterocycles. The molecule has 2 aromatic carbocycles. The molecule has 0 amide bonds. The first-order valence-corrected chi connectivity index (χ1v) is 8.26. The normalized spacial score (nSPS) is 14.4. The first-order valence-electron chi connectivity index (χ1n) is 8.26.